The molecule has 2 rings (SSSR count). The summed E-state index contributed by atoms with van der Waals surface area (Å²) in [5.41, 5.74) is 1.56. The molecular weight excluding hydrogens is 262 g/mol. The summed E-state index contributed by atoms with van der Waals surface area (Å²) in [7, 11) is 0. The number of hydrogen-bond acceptors (Lipinski definition) is 2. The van der Waals surface area contributed by atoms with E-state index in [0.717, 1.165) is 17.1 Å². The fourth-order valence-corrected chi connectivity index (χ4v) is 4.54. The summed E-state index contributed by atoms with van der Waals surface area (Å²) >= 11 is 2.10. The largest absolute Gasteiger partial charge is 0.314 e. The van der Waals surface area contributed by atoms with Gasteiger partial charge in [-0.05, 0) is 49.3 Å². The molecule has 1 aliphatic heterocycles. The summed E-state index contributed by atoms with van der Waals surface area (Å²) in [5, 5.41) is 4.42. The normalized spacial score (nSPS) is 19.6. The molecule has 112 valence electrons. The lowest BCUT2D eigenvalue weighted by molar-refractivity contribution is 0.353. The van der Waals surface area contributed by atoms with Crippen molar-refractivity contribution in [3.05, 3.63) is 29.8 Å². The van der Waals surface area contributed by atoms with E-state index in [2.05, 4.69) is 69.0 Å². The van der Waals surface area contributed by atoms with Crippen LogP contribution in [0.5, 0.6) is 0 Å². The number of rotatable bonds is 7. The average molecular weight is 292 g/mol. The standard InChI is InChI=1S/C18H29NS/c1-13(2)9-15(12-19-14(3)4)10-17-11-16-7-5-6-8-18(16)20-17/h5-8,13-15,17,19H,9-12H2,1-4H3. The summed E-state index contributed by atoms with van der Waals surface area (Å²) < 4.78 is 0. The topological polar surface area (TPSA) is 12.0 Å². The molecule has 1 aromatic carbocycles. The van der Waals surface area contributed by atoms with E-state index in [0.29, 0.717) is 6.04 Å². The predicted molar refractivity (Wildman–Crippen MR) is 90.5 cm³/mol. The molecule has 0 saturated carbocycles. The zero-order valence-electron chi connectivity index (χ0n) is 13.4. The van der Waals surface area contributed by atoms with Gasteiger partial charge in [0.1, 0.15) is 0 Å². The Morgan fingerprint density at radius 3 is 2.60 bits per heavy atom. The molecule has 2 unspecified atom stereocenters. The lowest BCUT2D eigenvalue weighted by Gasteiger charge is -2.23. The summed E-state index contributed by atoms with van der Waals surface area (Å²) in [5.74, 6) is 1.60. The molecule has 1 nitrogen and oxygen atoms in total. The van der Waals surface area contributed by atoms with Gasteiger partial charge in [-0.25, -0.2) is 0 Å². The molecule has 2 heteroatoms. The first-order chi connectivity index (χ1) is 9.54. The molecule has 0 spiro atoms. The maximum atomic E-state index is 3.64. The van der Waals surface area contributed by atoms with Crippen molar-refractivity contribution in [3.63, 3.8) is 0 Å². The Morgan fingerprint density at radius 1 is 1.20 bits per heavy atom. The van der Waals surface area contributed by atoms with Crippen molar-refractivity contribution < 1.29 is 0 Å². The van der Waals surface area contributed by atoms with Crippen LogP contribution in [-0.2, 0) is 6.42 Å². The van der Waals surface area contributed by atoms with Crippen LogP contribution in [0.25, 0.3) is 0 Å². The van der Waals surface area contributed by atoms with Gasteiger partial charge in [0.2, 0.25) is 0 Å². The van der Waals surface area contributed by atoms with E-state index in [1.165, 1.54) is 30.7 Å². The Bertz CT molecular complexity index is 389. The Kier molecular flexibility index (Phi) is 5.98. The van der Waals surface area contributed by atoms with Crippen molar-refractivity contribution in [3.8, 4) is 0 Å². The molecule has 1 heterocycles. The second-order valence-corrected chi connectivity index (χ2v) is 8.19. The number of fused-ring (bicyclic) bond motifs is 1. The summed E-state index contributed by atoms with van der Waals surface area (Å²) in [6, 6.07) is 9.52. The van der Waals surface area contributed by atoms with Crippen LogP contribution in [0.1, 0.15) is 46.1 Å². The van der Waals surface area contributed by atoms with Gasteiger partial charge in [-0.1, -0.05) is 45.9 Å². The molecule has 0 aromatic heterocycles. The molecule has 0 fully saturated rings. The highest BCUT2D eigenvalue weighted by molar-refractivity contribution is 8.00. The van der Waals surface area contributed by atoms with Crippen molar-refractivity contribution in [1.29, 1.82) is 0 Å². The van der Waals surface area contributed by atoms with E-state index < -0.39 is 0 Å². The van der Waals surface area contributed by atoms with Crippen LogP contribution in [0.2, 0.25) is 0 Å². The fraction of sp³-hybridized carbons (Fsp3) is 0.667. The number of hydrogen-bond donors (Lipinski definition) is 1. The Hall–Kier alpha value is -0.470. The van der Waals surface area contributed by atoms with Gasteiger partial charge in [-0.3, -0.25) is 0 Å². The summed E-state index contributed by atoms with van der Waals surface area (Å²) in [4.78, 5) is 1.51. The average Bonchev–Trinajstić information content (AvgIpc) is 2.77. The minimum atomic E-state index is 0.595. The minimum absolute atomic E-state index is 0.595. The molecule has 1 aliphatic rings. The highest BCUT2D eigenvalue weighted by atomic mass is 32.2. The van der Waals surface area contributed by atoms with Crippen LogP contribution in [0, 0.1) is 11.8 Å². The van der Waals surface area contributed by atoms with Crippen molar-refractivity contribution in [2.75, 3.05) is 6.54 Å². The first-order valence-corrected chi connectivity index (χ1v) is 8.90. The second kappa shape index (κ2) is 7.51. The quantitative estimate of drug-likeness (QED) is 0.778. The fourth-order valence-electron chi connectivity index (χ4n) is 3.09. The van der Waals surface area contributed by atoms with E-state index >= 15 is 0 Å². The van der Waals surface area contributed by atoms with E-state index in [1.54, 1.807) is 5.56 Å². The monoisotopic (exact) mass is 291 g/mol. The molecule has 0 amide bonds. The van der Waals surface area contributed by atoms with Crippen molar-refractivity contribution in [1.82, 2.24) is 5.32 Å². The zero-order chi connectivity index (χ0) is 14.5. The Morgan fingerprint density at radius 2 is 1.95 bits per heavy atom. The number of benzene rings is 1. The van der Waals surface area contributed by atoms with Crippen molar-refractivity contribution >= 4 is 11.8 Å². The molecule has 0 aliphatic carbocycles. The third kappa shape index (κ3) is 4.82. The van der Waals surface area contributed by atoms with Gasteiger partial charge in [0.05, 0.1) is 0 Å². The maximum absolute atomic E-state index is 3.64. The minimum Gasteiger partial charge on any atom is -0.314 e. The van der Waals surface area contributed by atoms with Crippen LogP contribution in [0.15, 0.2) is 29.2 Å². The molecule has 1 N–H and O–H groups in total. The van der Waals surface area contributed by atoms with Gasteiger partial charge in [0.15, 0.2) is 0 Å². The van der Waals surface area contributed by atoms with Gasteiger partial charge in [-0.15, -0.1) is 11.8 Å². The molecule has 2 atom stereocenters. The molecule has 1 aromatic rings. The maximum Gasteiger partial charge on any atom is 0.0138 e. The Labute approximate surface area is 128 Å². The van der Waals surface area contributed by atoms with Gasteiger partial charge in [0.25, 0.3) is 0 Å². The highest BCUT2D eigenvalue weighted by Crippen LogP contribution is 2.40. The van der Waals surface area contributed by atoms with Crippen molar-refractivity contribution in [2.45, 2.75) is 63.1 Å². The number of thioether (sulfide) groups is 1. The smallest absolute Gasteiger partial charge is 0.0138 e. The molecule has 0 saturated heterocycles. The lowest BCUT2D eigenvalue weighted by Crippen LogP contribution is -2.31. The Balaban J connectivity index is 1.88. The molecule has 20 heavy (non-hydrogen) atoms. The van der Waals surface area contributed by atoms with Gasteiger partial charge < -0.3 is 5.32 Å². The first-order valence-electron chi connectivity index (χ1n) is 8.02. The highest BCUT2D eigenvalue weighted by Gasteiger charge is 2.25. The molecular formula is C18H29NS. The van der Waals surface area contributed by atoms with Crippen LogP contribution < -0.4 is 5.32 Å². The van der Waals surface area contributed by atoms with Gasteiger partial charge >= 0.3 is 0 Å². The number of nitrogens with one attached hydrogen (secondary N) is 1. The van der Waals surface area contributed by atoms with E-state index in [-0.39, 0.29) is 0 Å². The molecule has 0 radical (unpaired) electrons. The zero-order valence-corrected chi connectivity index (χ0v) is 14.2. The third-order valence-corrected chi connectivity index (χ3v) is 5.27. The third-order valence-electron chi connectivity index (χ3n) is 3.93. The van der Waals surface area contributed by atoms with E-state index in [1.807, 2.05) is 0 Å². The van der Waals surface area contributed by atoms with Crippen LogP contribution in [0.4, 0.5) is 0 Å². The summed E-state index contributed by atoms with van der Waals surface area (Å²) in [6.07, 6.45) is 3.95. The first kappa shape index (κ1) is 15.9. The van der Waals surface area contributed by atoms with Crippen LogP contribution in [-0.4, -0.2) is 17.8 Å². The molecule has 0 bridgehead atoms. The predicted octanol–water partition coefficient (Wildman–Crippen LogP) is 4.75. The van der Waals surface area contributed by atoms with Crippen LogP contribution in [0.3, 0.4) is 0 Å². The van der Waals surface area contributed by atoms with Crippen LogP contribution >= 0.6 is 11.8 Å². The SMILES string of the molecule is CC(C)CC(CNC(C)C)CC1Cc2ccccc2S1. The second-order valence-electron chi connectivity index (χ2n) is 6.85. The van der Waals surface area contributed by atoms with Gasteiger partial charge in [-0.2, -0.15) is 0 Å². The van der Waals surface area contributed by atoms with Crippen molar-refractivity contribution in [2.24, 2.45) is 11.8 Å². The summed E-state index contributed by atoms with van der Waals surface area (Å²) in [6.45, 7) is 10.3. The van der Waals surface area contributed by atoms with E-state index in [4.69, 9.17) is 0 Å². The lowest BCUT2D eigenvalue weighted by atomic mass is 9.91. The van der Waals surface area contributed by atoms with Gasteiger partial charge in [0, 0.05) is 16.2 Å². The van der Waals surface area contributed by atoms with E-state index in [9.17, 15) is 0 Å².